The van der Waals surface area contributed by atoms with Gasteiger partial charge in [0, 0.05) is 31.7 Å². The quantitative estimate of drug-likeness (QED) is 0.776. The molecule has 0 aromatic carbocycles. The Morgan fingerprint density at radius 3 is 2.19 bits per heavy atom. The SMILES string of the molecule is CC(C)(C)NC(=O)CN1CCNCC1.Cl.Cl. The van der Waals surface area contributed by atoms with Crippen molar-refractivity contribution in [2.45, 2.75) is 26.3 Å². The highest BCUT2D eigenvalue weighted by atomic mass is 35.5. The number of nitrogens with one attached hydrogen (secondary N) is 2. The Morgan fingerprint density at radius 2 is 1.75 bits per heavy atom. The van der Waals surface area contributed by atoms with E-state index in [0.717, 1.165) is 26.2 Å². The second-order valence-corrected chi connectivity index (χ2v) is 4.82. The molecule has 1 aliphatic heterocycles. The van der Waals surface area contributed by atoms with Gasteiger partial charge in [0.25, 0.3) is 0 Å². The molecule has 1 amide bonds. The van der Waals surface area contributed by atoms with Gasteiger partial charge in [-0.05, 0) is 20.8 Å². The van der Waals surface area contributed by atoms with Crippen LogP contribution in [0.4, 0.5) is 0 Å². The number of nitrogens with zero attached hydrogens (tertiary/aromatic N) is 1. The summed E-state index contributed by atoms with van der Waals surface area (Å²) in [6.07, 6.45) is 0. The minimum absolute atomic E-state index is 0. The summed E-state index contributed by atoms with van der Waals surface area (Å²) in [4.78, 5) is 13.7. The van der Waals surface area contributed by atoms with Crippen molar-refractivity contribution >= 4 is 30.7 Å². The van der Waals surface area contributed by atoms with Crippen molar-refractivity contribution in [1.82, 2.24) is 15.5 Å². The zero-order chi connectivity index (χ0) is 10.6. The number of carbonyl (C=O) groups excluding carboxylic acids is 1. The fraction of sp³-hybridized carbons (Fsp3) is 0.900. The van der Waals surface area contributed by atoms with Crippen LogP contribution in [0.25, 0.3) is 0 Å². The summed E-state index contributed by atoms with van der Waals surface area (Å²) < 4.78 is 0. The maximum Gasteiger partial charge on any atom is 0.234 e. The summed E-state index contributed by atoms with van der Waals surface area (Å²) in [7, 11) is 0. The molecule has 1 aliphatic rings. The van der Waals surface area contributed by atoms with Gasteiger partial charge in [0.1, 0.15) is 0 Å². The van der Waals surface area contributed by atoms with Gasteiger partial charge in [0.15, 0.2) is 0 Å². The summed E-state index contributed by atoms with van der Waals surface area (Å²) in [6.45, 7) is 10.5. The molecule has 98 valence electrons. The van der Waals surface area contributed by atoms with E-state index in [1.54, 1.807) is 0 Å². The van der Waals surface area contributed by atoms with Gasteiger partial charge in [-0.25, -0.2) is 0 Å². The Balaban J connectivity index is 0. The van der Waals surface area contributed by atoms with Gasteiger partial charge < -0.3 is 10.6 Å². The van der Waals surface area contributed by atoms with E-state index in [2.05, 4.69) is 15.5 Å². The van der Waals surface area contributed by atoms with Crippen molar-refractivity contribution in [1.29, 1.82) is 0 Å². The molecule has 0 unspecified atom stereocenters. The summed E-state index contributed by atoms with van der Waals surface area (Å²) >= 11 is 0. The van der Waals surface area contributed by atoms with Crippen molar-refractivity contribution in [3.63, 3.8) is 0 Å². The van der Waals surface area contributed by atoms with Crippen molar-refractivity contribution in [2.24, 2.45) is 0 Å². The number of hydrogen-bond donors (Lipinski definition) is 2. The summed E-state index contributed by atoms with van der Waals surface area (Å²) in [5, 5.41) is 6.23. The van der Waals surface area contributed by atoms with Crippen LogP contribution in [0.5, 0.6) is 0 Å². The largest absolute Gasteiger partial charge is 0.350 e. The van der Waals surface area contributed by atoms with E-state index in [1.165, 1.54) is 0 Å². The van der Waals surface area contributed by atoms with Crippen molar-refractivity contribution in [3.8, 4) is 0 Å². The zero-order valence-corrected chi connectivity index (χ0v) is 11.8. The van der Waals surface area contributed by atoms with Gasteiger partial charge >= 0.3 is 0 Å². The molecular formula is C10H23Cl2N3O. The Kier molecular flexibility index (Phi) is 9.30. The first-order valence-electron chi connectivity index (χ1n) is 5.21. The highest BCUT2D eigenvalue weighted by Gasteiger charge is 2.17. The Morgan fingerprint density at radius 1 is 1.25 bits per heavy atom. The molecule has 0 spiro atoms. The average Bonchev–Trinajstić information content (AvgIpc) is 2.02. The molecule has 0 aliphatic carbocycles. The molecular weight excluding hydrogens is 249 g/mol. The van der Waals surface area contributed by atoms with Crippen LogP contribution in [0.15, 0.2) is 0 Å². The Hall–Kier alpha value is -0.0300. The molecule has 0 aromatic heterocycles. The first-order valence-corrected chi connectivity index (χ1v) is 5.21. The third-order valence-electron chi connectivity index (χ3n) is 2.09. The molecule has 0 aromatic rings. The maximum absolute atomic E-state index is 11.6. The van der Waals surface area contributed by atoms with Crippen molar-refractivity contribution < 1.29 is 4.79 Å². The van der Waals surface area contributed by atoms with Gasteiger partial charge in [0.05, 0.1) is 6.54 Å². The molecule has 1 fully saturated rings. The molecule has 0 radical (unpaired) electrons. The second-order valence-electron chi connectivity index (χ2n) is 4.82. The van der Waals surface area contributed by atoms with E-state index >= 15 is 0 Å². The topological polar surface area (TPSA) is 44.4 Å². The van der Waals surface area contributed by atoms with E-state index in [0.29, 0.717) is 6.54 Å². The first kappa shape index (κ1) is 18.3. The lowest BCUT2D eigenvalue weighted by atomic mass is 10.1. The normalized spacial score (nSPS) is 16.9. The lowest BCUT2D eigenvalue weighted by Gasteiger charge is -2.28. The number of halogens is 2. The van der Waals surface area contributed by atoms with E-state index in [4.69, 9.17) is 0 Å². The van der Waals surface area contributed by atoms with Gasteiger partial charge in [0.2, 0.25) is 5.91 Å². The van der Waals surface area contributed by atoms with Crippen LogP contribution in [-0.2, 0) is 4.79 Å². The Labute approximate surface area is 110 Å². The molecule has 0 atom stereocenters. The minimum Gasteiger partial charge on any atom is -0.350 e. The van der Waals surface area contributed by atoms with Gasteiger partial charge in [-0.15, -0.1) is 24.8 Å². The summed E-state index contributed by atoms with van der Waals surface area (Å²) in [5.41, 5.74) is -0.120. The molecule has 1 rings (SSSR count). The second kappa shape index (κ2) is 8.12. The number of hydrogen-bond acceptors (Lipinski definition) is 3. The van der Waals surface area contributed by atoms with Crippen LogP contribution in [0.1, 0.15) is 20.8 Å². The van der Waals surface area contributed by atoms with E-state index < -0.39 is 0 Å². The number of piperazine rings is 1. The standard InChI is InChI=1S/C10H21N3O.2ClH/c1-10(2,3)12-9(14)8-13-6-4-11-5-7-13;;/h11H,4-8H2,1-3H3,(H,12,14);2*1H. The highest BCUT2D eigenvalue weighted by molar-refractivity contribution is 5.85. The predicted molar refractivity (Wildman–Crippen MR) is 71.7 cm³/mol. The number of rotatable bonds is 2. The minimum atomic E-state index is -0.120. The third-order valence-corrected chi connectivity index (χ3v) is 2.09. The lowest BCUT2D eigenvalue weighted by molar-refractivity contribution is -0.123. The van der Waals surface area contributed by atoms with Crippen LogP contribution < -0.4 is 10.6 Å². The van der Waals surface area contributed by atoms with E-state index in [9.17, 15) is 4.79 Å². The molecule has 6 heteroatoms. The molecule has 0 saturated carbocycles. The maximum atomic E-state index is 11.6. The number of amides is 1. The van der Waals surface area contributed by atoms with Gasteiger partial charge in [-0.2, -0.15) is 0 Å². The van der Waals surface area contributed by atoms with Crippen molar-refractivity contribution in [3.05, 3.63) is 0 Å². The van der Waals surface area contributed by atoms with E-state index in [-0.39, 0.29) is 36.3 Å². The molecule has 0 bridgehead atoms. The zero-order valence-electron chi connectivity index (χ0n) is 10.2. The van der Waals surface area contributed by atoms with Crippen LogP contribution in [-0.4, -0.2) is 49.1 Å². The van der Waals surface area contributed by atoms with Gasteiger partial charge in [-0.1, -0.05) is 0 Å². The summed E-state index contributed by atoms with van der Waals surface area (Å²) in [6, 6.07) is 0. The van der Waals surface area contributed by atoms with Crippen molar-refractivity contribution in [2.75, 3.05) is 32.7 Å². The highest BCUT2D eigenvalue weighted by Crippen LogP contribution is 1.99. The van der Waals surface area contributed by atoms with Crippen LogP contribution >= 0.6 is 24.8 Å². The lowest BCUT2D eigenvalue weighted by Crippen LogP contribution is -2.50. The van der Waals surface area contributed by atoms with E-state index in [1.807, 2.05) is 20.8 Å². The predicted octanol–water partition coefficient (Wildman–Crippen LogP) is 0.650. The molecule has 4 nitrogen and oxygen atoms in total. The molecule has 16 heavy (non-hydrogen) atoms. The monoisotopic (exact) mass is 271 g/mol. The first-order chi connectivity index (χ1) is 6.47. The summed E-state index contributed by atoms with van der Waals surface area (Å²) in [5.74, 6) is 0.124. The molecule has 2 N–H and O–H groups in total. The molecule has 1 heterocycles. The average molecular weight is 272 g/mol. The van der Waals surface area contributed by atoms with Crippen LogP contribution in [0.3, 0.4) is 0 Å². The third kappa shape index (κ3) is 8.16. The van der Waals surface area contributed by atoms with Crippen LogP contribution in [0, 0.1) is 0 Å². The number of carbonyl (C=O) groups is 1. The fourth-order valence-electron chi connectivity index (χ4n) is 1.53. The molecule has 1 saturated heterocycles. The Bertz CT molecular complexity index is 201. The van der Waals surface area contributed by atoms with Crippen LogP contribution in [0.2, 0.25) is 0 Å². The smallest absolute Gasteiger partial charge is 0.234 e. The van der Waals surface area contributed by atoms with Gasteiger partial charge in [-0.3, -0.25) is 9.69 Å². The fourth-order valence-corrected chi connectivity index (χ4v) is 1.53.